The lowest BCUT2D eigenvalue weighted by molar-refractivity contribution is -0.300. The van der Waals surface area contributed by atoms with E-state index in [0.717, 1.165) is 144 Å². The zero-order valence-corrected chi connectivity index (χ0v) is 67.1. The van der Waals surface area contributed by atoms with E-state index in [1.165, 1.54) is 43.1 Å². The highest BCUT2D eigenvalue weighted by molar-refractivity contribution is 9.10. The summed E-state index contributed by atoms with van der Waals surface area (Å²) < 4.78 is 22.6. The third-order valence-electron chi connectivity index (χ3n) is 24.0. The van der Waals surface area contributed by atoms with Crippen molar-refractivity contribution in [2.24, 2.45) is 0 Å². The fraction of sp³-hybridized carbons (Fsp3) is 0.0755. The summed E-state index contributed by atoms with van der Waals surface area (Å²) in [6.45, 7) is 31.4. The Morgan fingerprint density at radius 1 is 0.358 bits per heavy atom. The summed E-state index contributed by atoms with van der Waals surface area (Å²) >= 11 is 3.51. The number of nitrogens with zero attached hydrogens (tertiary/aromatic N) is 9. The van der Waals surface area contributed by atoms with E-state index >= 15 is 0 Å². The van der Waals surface area contributed by atoms with Crippen LogP contribution in [0.2, 0.25) is 0 Å². The molecule has 0 radical (unpaired) electrons. The Morgan fingerprint density at radius 2 is 0.700 bits per heavy atom. The van der Waals surface area contributed by atoms with Crippen LogP contribution in [0, 0.1) is 31.0 Å². The van der Waals surface area contributed by atoms with Crippen molar-refractivity contribution in [1.82, 2.24) is 23.5 Å². The lowest BCUT2D eigenvalue weighted by Crippen LogP contribution is -2.41. The predicted molar refractivity (Wildman–Crippen MR) is 488 cm³/mol. The first-order chi connectivity index (χ1) is 58.6. The smallest absolute Gasteiger partial charge is 0.190 e. The minimum absolute atomic E-state index is 0.00910. The van der Waals surface area contributed by atoms with Crippen LogP contribution >= 0.6 is 15.9 Å². The van der Waals surface area contributed by atoms with Gasteiger partial charge in [-0.1, -0.05) is 180 Å². The summed E-state index contributed by atoms with van der Waals surface area (Å²) in [6, 6.07) is 113. The van der Waals surface area contributed by atoms with Gasteiger partial charge in [-0.2, -0.15) is 5.26 Å². The van der Waals surface area contributed by atoms with E-state index in [1.54, 1.807) is 5.23 Å². The van der Waals surface area contributed by atoms with Gasteiger partial charge in [0, 0.05) is 92.6 Å². The van der Waals surface area contributed by atoms with Crippen molar-refractivity contribution < 1.29 is 18.8 Å². The Kier molecular flexibility index (Phi) is 17.3. The van der Waals surface area contributed by atoms with E-state index in [4.69, 9.17) is 38.5 Å². The Hall–Kier alpha value is -15.3. The number of para-hydroxylation sites is 8. The van der Waals surface area contributed by atoms with Gasteiger partial charge in [-0.05, 0) is 237 Å². The molecule has 1 aliphatic carbocycles. The minimum atomic E-state index is -0.474. The number of furan rings is 1. The molecule has 14 heteroatoms. The SMILES string of the molecule is [C-]#[N+]c1cc(-c2ccc3c(c2)C2C=C(N4OC(C)(C)C(C)(C)O4)C=CC2O3)cc(-n2c3ccccc3c3ccccc32)c1.[C-]#[N+]c1cc(-c2ccc3oc4ccc(-c5cc(C#N)cc(-n6c7ccccc7c7ccccc76)c5)cc4c3c2)cc(-n2c3ccccc3c3ccccc32)c1.[C-]#[N+]c1cc(Br)cc(-n2c3ccccc3c3ccccc32)c1. The standard InChI is InChI=1S/C50H28N4O.C37H31N3O3.C19H11BrN2/c1-52-36-24-35(26-38(29-36)54-47-16-8-4-12-41(47)42-13-5-9-17-48(42)54)33-19-21-50-44(28-33)43-27-32(18-20-49(43)55-50)34-22-31(30-51)23-37(25-34)53-45-14-6-2-10-39(45)40-11-3-7-15-46(40)53;1-36(2)37(3,4)43-40(42-36)26-15-17-35-31(22-26)30-20-23(14-16-34(30)41-35)24-18-25(38-5)21-27(19-24)39-32-12-8-6-10-28(32)29-11-7-9-13-33(29)39;1-21-14-10-13(20)11-15(12-14)22-18-8-4-2-6-16(18)17-7-3-5-9-19(17)22/h2-29H;6-22,31,35H,1-4H3;2-12H. The number of hydrogen-bond donors (Lipinski definition) is 0. The number of allylic oxidation sites excluding steroid dienone is 1. The number of nitriles is 1. The molecule has 15 aromatic carbocycles. The van der Waals surface area contributed by atoms with Gasteiger partial charge in [-0.3, -0.25) is 0 Å². The molecule has 2 unspecified atom stereocenters. The summed E-state index contributed by atoms with van der Waals surface area (Å²) in [6.07, 6.45) is 6.14. The van der Waals surface area contributed by atoms with Gasteiger partial charge >= 0.3 is 0 Å². The highest BCUT2D eigenvalue weighted by Gasteiger charge is 2.51. The summed E-state index contributed by atoms with van der Waals surface area (Å²) in [5.41, 5.74) is 23.7. The fourth-order valence-corrected chi connectivity index (χ4v) is 18.2. The predicted octanol–water partition coefficient (Wildman–Crippen LogP) is 28.7. The highest BCUT2D eigenvalue weighted by atomic mass is 79.9. The second-order valence-corrected chi connectivity index (χ2v) is 32.5. The first-order valence-corrected chi connectivity index (χ1v) is 40.5. The maximum absolute atomic E-state index is 10.2. The molecular weight excluding hydrogens is 1540 g/mol. The van der Waals surface area contributed by atoms with E-state index in [-0.39, 0.29) is 12.0 Å². The molecule has 0 saturated carbocycles. The molecule has 0 N–H and O–H groups in total. The molecule has 0 amide bonds. The number of hydroxylamine groups is 2. The lowest BCUT2D eigenvalue weighted by atomic mass is 9.89. The molecule has 2 atom stereocenters. The Bertz CT molecular complexity index is 7510. The number of ether oxygens (including phenoxy) is 1. The Labute approximate surface area is 699 Å². The van der Waals surface area contributed by atoms with Crippen molar-refractivity contribution in [1.29, 1.82) is 5.26 Å². The average Bonchev–Trinajstić information content (AvgIpc) is 1.60. The van der Waals surface area contributed by atoms with Crippen molar-refractivity contribution in [2.45, 2.75) is 50.9 Å². The number of rotatable bonds is 8. The number of hydrogen-bond acceptors (Lipinski definition) is 6. The van der Waals surface area contributed by atoms with Crippen molar-refractivity contribution in [2.75, 3.05) is 0 Å². The molecule has 570 valence electrons. The van der Waals surface area contributed by atoms with Gasteiger partial charge in [-0.15, -0.1) is 5.23 Å². The molecule has 3 aliphatic rings. The second-order valence-electron chi connectivity index (χ2n) is 31.6. The molecule has 1 saturated heterocycles. The number of aromatic nitrogens is 4. The van der Waals surface area contributed by atoms with E-state index in [2.05, 4.69) is 304 Å². The average molecular weight is 1610 g/mol. The number of benzene rings is 15. The molecular formula is C106H70BrN9O4. The molecule has 2 aliphatic heterocycles. The van der Waals surface area contributed by atoms with Crippen LogP contribution < -0.4 is 4.74 Å². The van der Waals surface area contributed by atoms with Crippen molar-refractivity contribution in [3.05, 3.63) is 395 Å². The van der Waals surface area contributed by atoms with Gasteiger partial charge in [0.2, 0.25) is 0 Å². The third-order valence-corrected chi connectivity index (χ3v) is 24.5. The largest absolute Gasteiger partial charge is 0.485 e. The zero-order chi connectivity index (χ0) is 81.2. The highest BCUT2D eigenvalue weighted by Crippen LogP contribution is 2.49. The van der Waals surface area contributed by atoms with Crippen molar-refractivity contribution in [3.63, 3.8) is 0 Å². The molecule has 5 aromatic heterocycles. The molecule has 120 heavy (non-hydrogen) atoms. The van der Waals surface area contributed by atoms with E-state index < -0.39 is 11.2 Å². The fourth-order valence-electron chi connectivity index (χ4n) is 17.7. The number of fused-ring (bicyclic) bond motifs is 18. The van der Waals surface area contributed by atoms with Crippen LogP contribution in [0.4, 0.5) is 17.1 Å². The van der Waals surface area contributed by atoms with Crippen LogP contribution in [-0.4, -0.2) is 40.8 Å². The van der Waals surface area contributed by atoms with Crippen LogP contribution in [0.25, 0.3) is 180 Å². The van der Waals surface area contributed by atoms with E-state index in [9.17, 15) is 5.26 Å². The first-order valence-electron chi connectivity index (χ1n) is 39.7. The van der Waals surface area contributed by atoms with Gasteiger partial charge < -0.3 is 27.4 Å². The lowest BCUT2D eigenvalue weighted by Gasteiger charge is -2.26. The van der Waals surface area contributed by atoms with Crippen LogP contribution in [0.5, 0.6) is 5.75 Å². The molecule has 0 spiro atoms. The van der Waals surface area contributed by atoms with E-state index in [0.29, 0.717) is 22.6 Å². The summed E-state index contributed by atoms with van der Waals surface area (Å²) in [7, 11) is 0. The molecule has 20 aromatic rings. The van der Waals surface area contributed by atoms with Crippen LogP contribution in [0.15, 0.2) is 354 Å². The topological polar surface area (TPSA) is 101 Å². The normalized spacial score (nSPS) is 15.0. The second kappa shape index (κ2) is 28.6. The van der Waals surface area contributed by atoms with E-state index in [1.807, 2.05) is 119 Å². The van der Waals surface area contributed by atoms with Crippen LogP contribution in [0.3, 0.4) is 0 Å². The Balaban J connectivity index is 0.000000121. The maximum Gasteiger partial charge on any atom is 0.190 e. The minimum Gasteiger partial charge on any atom is -0.485 e. The van der Waals surface area contributed by atoms with Gasteiger partial charge in [-0.25, -0.2) is 24.2 Å². The van der Waals surface area contributed by atoms with Crippen molar-refractivity contribution >= 4 is 142 Å². The van der Waals surface area contributed by atoms with Crippen molar-refractivity contribution in [3.8, 4) is 67.9 Å². The molecule has 13 nitrogen and oxygen atoms in total. The molecule has 7 heterocycles. The zero-order valence-electron chi connectivity index (χ0n) is 65.5. The molecule has 23 rings (SSSR count). The summed E-state index contributed by atoms with van der Waals surface area (Å²) in [4.78, 5) is 23.7. The quantitative estimate of drug-likeness (QED) is 0.141. The number of halogens is 1. The van der Waals surface area contributed by atoms with Crippen LogP contribution in [0.1, 0.15) is 44.7 Å². The Morgan fingerprint density at radius 3 is 1.08 bits per heavy atom. The first kappa shape index (κ1) is 72.4. The monoisotopic (exact) mass is 1610 g/mol. The van der Waals surface area contributed by atoms with Crippen LogP contribution in [-0.2, 0) is 9.68 Å². The maximum atomic E-state index is 10.2. The van der Waals surface area contributed by atoms with Gasteiger partial charge in [0.1, 0.15) is 34.2 Å². The van der Waals surface area contributed by atoms with Gasteiger partial charge in [0.15, 0.2) is 17.1 Å². The van der Waals surface area contributed by atoms with Gasteiger partial charge in [0.25, 0.3) is 0 Å². The summed E-state index contributed by atoms with van der Waals surface area (Å²) in [5, 5.41) is 23.3. The molecule has 0 bridgehead atoms. The third kappa shape index (κ3) is 12.2. The van der Waals surface area contributed by atoms with Gasteiger partial charge in [0.05, 0.1) is 81.2 Å². The summed E-state index contributed by atoms with van der Waals surface area (Å²) in [5.74, 6) is 0.878. The molecule has 1 fully saturated rings.